The van der Waals surface area contributed by atoms with Gasteiger partial charge in [-0.1, -0.05) is 37.1 Å². The molecule has 1 saturated carbocycles. The summed E-state index contributed by atoms with van der Waals surface area (Å²) in [5.41, 5.74) is 0. The van der Waals surface area contributed by atoms with Crippen LogP contribution in [0, 0.1) is 0 Å². The number of aromatic nitrogens is 3. The Morgan fingerprint density at radius 1 is 1.39 bits per heavy atom. The van der Waals surface area contributed by atoms with E-state index in [4.69, 9.17) is 0 Å². The standard InChI is InChI=1S/C16H22N4OS2/c1-20-15(13-8-5-10-22-13)18-19-16(20)23-11-9-14(21)17-12-6-3-2-4-7-12/h5,8,10,12H,2-4,6-7,9,11H2,1H3,(H,17,21). The quantitative estimate of drug-likeness (QED) is 0.810. The number of hydrogen-bond acceptors (Lipinski definition) is 5. The van der Waals surface area contributed by atoms with Crippen LogP contribution in [0.25, 0.3) is 10.7 Å². The first-order valence-corrected chi connectivity index (χ1v) is 9.96. The highest BCUT2D eigenvalue weighted by atomic mass is 32.2. The Balaban J connectivity index is 1.46. The highest BCUT2D eigenvalue weighted by Crippen LogP contribution is 2.26. The van der Waals surface area contributed by atoms with Gasteiger partial charge in [0, 0.05) is 25.3 Å². The molecule has 0 aliphatic heterocycles. The van der Waals surface area contributed by atoms with Crippen LogP contribution in [0.15, 0.2) is 22.7 Å². The van der Waals surface area contributed by atoms with E-state index in [9.17, 15) is 4.79 Å². The maximum Gasteiger partial charge on any atom is 0.221 e. The van der Waals surface area contributed by atoms with Gasteiger partial charge in [0.15, 0.2) is 11.0 Å². The summed E-state index contributed by atoms with van der Waals surface area (Å²) < 4.78 is 2.00. The Morgan fingerprint density at radius 3 is 2.96 bits per heavy atom. The van der Waals surface area contributed by atoms with Crippen molar-refractivity contribution >= 4 is 29.0 Å². The number of rotatable bonds is 6. The first-order valence-electron chi connectivity index (χ1n) is 8.09. The first kappa shape index (κ1) is 16.5. The number of thiophene rings is 1. The fraction of sp³-hybridized carbons (Fsp3) is 0.562. The molecule has 124 valence electrons. The topological polar surface area (TPSA) is 59.8 Å². The molecule has 2 aromatic heterocycles. The number of amides is 1. The molecule has 5 nitrogen and oxygen atoms in total. The Hall–Kier alpha value is -1.34. The predicted octanol–water partition coefficient (Wildman–Crippen LogP) is 3.47. The van der Waals surface area contributed by atoms with E-state index in [1.807, 2.05) is 29.1 Å². The maximum absolute atomic E-state index is 12.0. The van der Waals surface area contributed by atoms with Gasteiger partial charge in [0.25, 0.3) is 0 Å². The van der Waals surface area contributed by atoms with E-state index in [1.165, 1.54) is 19.3 Å². The van der Waals surface area contributed by atoms with Gasteiger partial charge in [0.2, 0.25) is 5.91 Å². The summed E-state index contributed by atoms with van der Waals surface area (Å²) in [4.78, 5) is 13.1. The van der Waals surface area contributed by atoms with E-state index in [0.717, 1.165) is 34.5 Å². The molecule has 0 aromatic carbocycles. The molecule has 1 N–H and O–H groups in total. The number of thioether (sulfide) groups is 1. The molecule has 0 saturated heterocycles. The van der Waals surface area contributed by atoms with Crippen molar-refractivity contribution in [2.24, 2.45) is 7.05 Å². The fourth-order valence-electron chi connectivity index (χ4n) is 2.84. The number of hydrogen-bond donors (Lipinski definition) is 1. The van der Waals surface area contributed by atoms with Crippen LogP contribution in [0.3, 0.4) is 0 Å². The van der Waals surface area contributed by atoms with Gasteiger partial charge in [-0.05, 0) is 24.3 Å². The van der Waals surface area contributed by atoms with Crippen molar-refractivity contribution in [1.82, 2.24) is 20.1 Å². The predicted molar refractivity (Wildman–Crippen MR) is 94.7 cm³/mol. The SMILES string of the molecule is Cn1c(SCCC(=O)NC2CCCCC2)nnc1-c1cccs1. The van der Waals surface area contributed by atoms with Gasteiger partial charge < -0.3 is 9.88 Å². The van der Waals surface area contributed by atoms with Crippen LogP contribution in [0.4, 0.5) is 0 Å². The maximum atomic E-state index is 12.0. The minimum absolute atomic E-state index is 0.157. The Kier molecular flexibility index (Phi) is 5.72. The monoisotopic (exact) mass is 350 g/mol. The third-order valence-electron chi connectivity index (χ3n) is 4.11. The normalized spacial score (nSPS) is 15.7. The number of carbonyl (C=O) groups excluding carboxylic acids is 1. The molecule has 3 rings (SSSR count). The van der Waals surface area contributed by atoms with Gasteiger partial charge in [0.1, 0.15) is 0 Å². The third kappa shape index (κ3) is 4.35. The number of nitrogens with one attached hydrogen (secondary N) is 1. The number of nitrogens with zero attached hydrogens (tertiary/aromatic N) is 3. The summed E-state index contributed by atoms with van der Waals surface area (Å²) in [5.74, 6) is 1.77. The zero-order valence-electron chi connectivity index (χ0n) is 13.3. The molecule has 23 heavy (non-hydrogen) atoms. The van der Waals surface area contributed by atoms with Gasteiger partial charge in [-0.15, -0.1) is 21.5 Å². The Labute approximate surface area is 144 Å². The van der Waals surface area contributed by atoms with Crippen LogP contribution < -0.4 is 5.32 Å². The van der Waals surface area contributed by atoms with Crippen molar-refractivity contribution in [3.05, 3.63) is 17.5 Å². The summed E-state index contributed by atoms with van der Waals surface area (Å²) in [7, 11) is 1.97. The average molecular weight is 351 g/mol. The van der Waals surface area contributed by atoms with Crippen molar-refractivity contribution < 1.29 is 4.79 Å². The van der Waals surface area contributed by atoms with Crippen LogP contribution in [-0.4, -0.2) is 32.5 Å². The lowest BCUT2D eigenvalue weighted by Gasteiger charge is -2.22. The van der Waals surface area contributed by atoms with Crippen LogP contribution in [-0.2, 0) is 11.8 Å². The second kappa shape index (κ2) is 7.97. The van der Waals surface area contributed by atoms with E-state index >= 15 is 0 Å². The van der Waals surface area contributed by atoms with Gasteiger partial charge >= 0.3 is 0 Å². The van der Waals surface area contributed by atoms with E-state index in [1.54, 1.807) is 23.1 Å². The zero-order chi connectivity index (χ0) is 16.1. The highest BCUT2D eigenvalue weighted by Gasteiger charge is 2.16. The molecule has 1 aliphatic rings. The van der Waals surface area contributed by atoms with Crippen LogP contribution >= 0.6 is 23.1 Å². The molecule has 2 heterocycles. The van der Waals surface area contributed by atoms with Crippen LogP contribution in [0.2, 0.25) is 0 Å². The van der Waals surface area contributed by atoms with Gasteiger partial charge in [0.05, 0.1) is 4.88 Å². The largest absolute Gasteiger partial charge is 0.353 e. The fourth-order valence-corrected chi connectivity index (χ4v) is 4.44. The van der Waals surface area contributed by atoms with Crippen LogP contribution in [0.5, 0.6) is 0 Å². The summed E-state index contributed by atoms with van der Waals surface area (Å²) in [6.45, 7) is 0. The molecule has 0 atom stereocenters. The van der Waals surface area contributed by atoms with Crippen molar-refractivity contribution in [2.75, 3.05) is 5.75 Å². The highest BCUT2D eigenvalue weighted by molar-refractivity contribution is 7.99. The lowest BCUT2D eigenvalue weighted by atomic mass is 9.95. The van der Waals surface area contributed by atoms with Crippen molar-refractivity contribution in [2.45, 2.75) is 49.7 Å². The number of carbonyl (C=O) groups is 1. The lowest BCUT2D eigenvalue weighted by Crippen LogP contribution is -2.36. The minimum Gasteiger partial charge on any atom is -0.353 e. The molecular weight excluding hydrogens is 328 g/mol. The molecular formula is C16H22N4OS2. The van der Waals surface area contributed by atoms with Gasteiger partial charge in [-0.2, -0.15) is 0 Å². The molecule has 1 amide bonds. The molecule has 7 heteroatoms. The van der Waals surface area contributed by atoms with E-state index in [0.29, 0.717) is 12.5 Å². The first-order chi connectivity index (χ1) is 11.2. The molecule has 0 unspecified atom stereocenters. The van der Waals surface area contributed by atoms with Gasteiger partial charge in [-0.3, -0.25) is 4.79 Å². The average Bonchev–Trinajstić information content (AvgIpc) is 3.19. The van der Waals surface area contributed by atoms with Gasteiger partial charge in [-0.25, -0.2) is 0 Å². The Bertz CT molecular complexity index is 633. The summed E-state index contributed by atoms with van der Waals surface area (Å²) in [6.07, 6.45) is 6.58. The van der Waals surface area contributed by atoms with E-state index in [-0.39, 0.29) is 5.91 Å². The van der Waals surface area contributed by atoms with E-state index < -0.39 is 0 Å². The van der Waals surface area contributed by atoms with Crippen molar-refractivity contribution in [1.29, 1.82) is 0 Å². The Morgan fingerprint density at radius 2 is 2.22 bits per heavy atom. The lowest BCUT2D eigenvalue weighted by molar-refractivity contribution is -0.121. The summed E-state index contributed by atoms with van der Waals surface area (Å²) in [5, 5.41) is 14.5. The summed E-state index contributed by atoms with van der Waals surface area (Å²) >= 11 is 3.24. The van der Waals surface area contributed by atoms with Crippen molar-refractivity contribution in [3.63, 3.8) is 0 Å². The second-order valence-electron chi connectivity index (χ2n) is 5.84. The summed E-state index contributed by atoms with van der Waals surface area (Å²) in [6, 6.07) is 4.44. The molecule has 0 bridgehead atoms. The van der Waals surface area contributed by atoms with Crippen LogP contribution in [0.1, 0.15) is 38.5 Å². The molecule has 2 aromatic rings. The minimum atomic E-state index is 0.157. The molecule has 0 spiro atoms. The smallest absolute Gasteiger partial charge is 0.221 e. The molecule has 0 radical (unpaired) electrons. The molecule has 1 aliphatic carbocycles. The third-order valence-corrected chi connectivity index (χ3v) is 5.99. The zero-order valence-corrected chi connectivity index (χ0v) is 15.0. The van der Waals surface area contributed by atoms with E-state index in [2.05, 4.69) is 15.5 Å². The molecule has 1 fully saturated rings. The second-order valence-corrected chi connectivity index (χ2v) is 7.85. The van der Waals surface area contributed by atoms with Crippen molar-refractivity contribution in [3.8, 4) is 10.7 Å².